The van der Waals surface area contributed by atoms with Crippen LogP contribution < -0.4 is 9.64 Å². The second-order valence-corrected chi connectivity index (χ2v) is 12.1. The van der Waals surface area contributed by atoms with Crippen molar-refractivity contribution in [1.29, 1.82) is 0 Å². The molecule has 0 fully saturated rings. The molecule has 0 atom stereocenters. The summed E-state index contributed by atoms with van der Waals surface area (Å²) in [6, 6.07) is 22.2. The summed E-state index contributed by atoms with van der Waals surface area (Å²) in [5.74, 6) is 1.22. The fraction of sp³-hybridized carbons (Fsp3) is 0.457. The number of phenols is 1. The van der Waals surface area contributed by atoms with Gasteiger partial charge in [-0.1, -0.05) is 88.9 Å². The maximum absolute atomic E-state index is 13.8. The van der Waals surface area contributed by atoms with E-state index in [0.717, 1.165) is 60.5 Å². The predicted molar refractivity (Wildman–Crippen MR) is 164 cm³/mol. The van der Waals surface area contributed by atoms with Crippen LogP contribution in [0.4, 0.5) is 5.69 Å². The number of carbonyl (C=O) groups is 1. The van der Waals surface area contributed by atoms with Crippen molar-refractivity contribution in [3.05, 3.63) is 89.0 Å². The van der Waals surface area contributed by atoms with E-state index in [-0.39, 0.29) is 11.3 Å². The highest BCUT2D eigenvalue weighted by molar-refractivity contribution is 5.95. The maximum atomic E-state index is 13.8. The lowest BCUT2D eigenvalue weighted by molar-refractivity contribution is -0.118. The van der Waals surface area contributed by atoms with E-state index in [0.29, 0.717) is 25.3 Å². The molecule has 1 amide bonds. The van der Waals surface area contributed by atoms with Gasteiger partial charge in [-0.05, 0) is 65.8 Å². The summed E-state index contributed by atoms with van der Waals surface area (Å²) in [6.07, 6.45) is 7.18. The van der Waals surface area contributed by atoms with Gasteiger partial charge in [-0.25, -0.2) is 0 Å². The Labute approximate surface area is 240 Å². The van der Waals surface area contributed by atoms with Gasteiger partial charge in [0.1, 0.15) is 11.5 Å². The summed E-state index contributed by atoms with van der Waals surface area (Å²) in [5, 5.41) is 10.8. The molecule has 3 aromatic carbocycles. The highest BCUT2D eigenvalue weighted by atomic mass is 16.5. The molecule has 5 nitrogen and oxygen atoms in total. The zero-order valence-electron chi connectivity index (χ0n) is 24.8. The van der Waals surface area contributed by atoms with Crippen molar-refractivity contribution in [3.8, 4) is 11.5 Å². The van der Waals surface area contributed by atoms with Crippen LogP contribution in [0.1, 0.15) is 81.5 Å². The molecule has 1 heterocycles. The number of amides is 1. The van der Waals surface area contributed by atoms with Crippen molar-refractivity contribution in [3.63, 3.8) is 0 Å². The number of nitrogens with zero attached hydrogens (tertiary/aromatic N) is 2. The molecule has 214 valence electrons. The molecular weight excluding hydrogens is 496 g/mol. The van der Waals surface area contributed by atoms with Crippen molar-refractivity contribution >= 4 is 11.6 Å². The van der Waals surface area contributed by atoms with Gasteiger partial charge in [0.05, 0.1) is 13.5 Å². The Bertz CT molecular complexity index is 1260. The van der Waals surface area contributed by atoms with Gasteiger partial charge in [-0.2, -0.15) is 0 Å². The topological polar surface area (TPSA) is 53.0 Å². The zero-order valence-corrected chi connectivity index (χ0v) is 24.8. The number of benzene rings is 3. The van der Waals surface area contributed by atoms with Gasteiger partial charge in [0, 0.05) is 30.9 Å². The molecule has 0 saturated heterocycles. The third-order valence-electron chi connectivity index (χ3n) is 7.91. The second-order valence-electron chi connectivity index (χ2n) is 12.1. The molecule has 0 aliphatic carbocycles. The number of fused-ring (bicyclic) bond motifs is 1. The first kappa shape index (κ1) is 29.7. The lowest BCUT2D eigenvalue weighted by atomic mass is 9.86. The summed E-state index contributed by atoms with van der Waals surface area (Å²) in [7, 11) is 1.65. The average molecular weight is 543 g/mol. The van der Waals surface area contributed by atoms with Gasteiger partial charge in [0.2, 0.25) is 5.91 Å². The van der Waals surface area contributed by atoms with Crippen molar-refractivity contribution < 1.29 is 14.6 Å². The SMILES string of the molecule is COc1cccc(CC(=O)N2CCCCCCCCN(Cc3cc(C(C)(C)C)ccc3O)Cc3ccccc32)c1. The Kier molecular flexibility index (Phi) is 10.3. The average Bonchev–Trinajstić information content (AvgIpc) is 2.94. The molecule has 0 radical (unpaired) electrons. The predicted octanol–water partition coefficient (Wildman–Crippen LogP) is 7.63. The normalized spacial score (nSPS) is 15.8. The minimum absolute atomic E-state index is 0.0127. The van der Waals surface area contributed by atoms with Crippen LogP contribution in [0.5, 0.6) is 11.5 Å². The van der Waals surface area contributed by atoms with Crippen molar-refractivity contribution in [2.75, 3.05) is 25.1 Å². The van der Waals surface area contributed by atoms with Crippen LogP contribution in [0, 0.1) is 0 Å². The highest BCUT2D eigenvalue weighted by Gasteiger charge is 2.22. The monoisotopic (exact) mass is 542 g/mol. The van der Waals surface area contributed by atoms with E-state index in [1.807, 2.05) is 47.4 Å². The summed E-state index contributed by atoms with van der Waals surface area (Å²) >= 11 is 0. The van der Waals surface area contributed by atoms with Crippen molar-refractivity contribution in [2.24, 2.45) is 0 Å². The van der Waals surface area contributed by atoms with Crippen LogP contribution in [-0.2, 0) is 29.7 Å². The fourth-order valence-corrected chi connectivity index (χ4v) is 5.53. The number of ether oxygens (including phenoxy) is 1. The molecule has 3 aromatic rings. The van der Waals surface area contributed by atoms with Crippen LogP contribution in [0.15, 0.2) is 66.7 Å². The maximum Gasteiger partial charge on any atom is 0.231 e. The zero-order chi connectivity index (χ0) is 28.5. The first-order valence-corrected chi connectivity index (χ1v) is 14.8. The Hall–Kier alpha value is -3.31. The summed E-state index contributed by atoms with van der Waals surface area (Å²) in [5.41, 5.74) is 5.29. The molecule has 0 unspecified atom stereocenters. The number of methoxy groups -OCH3 is 1. The molecule has 0 aromatic heterocycles. The lowest BCUT2D eigenvalue weighted by Crippen LogP contribution is -2.35. The summed E-state index contributed by atoms with van der Waals surface area (Å²) in [6.45, 7) is 9.67. The van der Waals surface area contributed by atoms with Gasteiger partial charge in [-0.3, -0.25) is 9.69 Å². The Morgan fingerprint density at radius 3 is 2.35 bits per heavy atom. The van der Waals surface area contributed by atoms with Gasteiger partial charge >= 0.3 is 0 Å². The van der Waals surface area contributed by atoms with Gasteiger partial charge in [0.15, 0.2) is 0 Å². The van der Waals surface area contributed by atoms with Gasteiger partial charge in [0.25, 0.3) is 0 Å². The number of aromatic hydroxyl groups is 1. The quantitative estimate of drug-likeness (QED) is 0.360. The van der Waals surface area contributed by atoms with E-state index in [9.17, 15) is 9.90 Å². The van der Waals surface area contributed by atoms with Crippen LogP contribution in [0.2, 0.25) is 0 Å². The minimum atomic E-state index is 0.0127. The first-order chi connectivity index (χ1) is 19.2. The molecule has 0 spiro atoms. The minimum Gasteiger partial charge on any atom is -0.508 e. The third-order valence-corrected chi connectivity index (χ3v) is 7.91. The van der Waals surface area contributed by atoms with E-state index >= 15 is 0 Å². The van der Waals surface area contributed by atoms with Gasteiger partial charge in [-0.15, -0.1) is 0 Å². The number of hydrogen-bond donors (Lipinski definition) is 1. The van der Waals surface area contributed by atoms with Gasteiger partial charge < -0.3 is 14.7 Å². The number of carbonyl (C=O) groups excluding carboxylic acids is 1. The molecule has 1 N–H and O–H groups in total. The molecule has 0 saturated carbocycles. The summed E-state index contributed by atoms with van der Waals surface area (Å²) < 4.78 is 5.39. The van der Waals surface area contributed by atoms with Crippen LogP contribution in [0.25, 0.3) is 0 Å². The second kappa shape index (κ2) is 13.8. The highest BCUT2D eigenvalue weighted by Crippen LogP contribution is 2.30. The Morgan fingerprint density at radius 1 is 0.875 bits per heavy atom. The lowest BCUT2D eigenvalue weighted by Gasteiger charge is -2.29. The molecule has 4 rings (SSSR count). The van der Waals surface area contributed by atoms with E-state index in [1.165, 1.54) is 24.8 Å². The number of hydrogen-bond acceptors (Lipinski definition) is 4. The fourth-order valence-electron chi connectivity index (χ4n) is 5.53. The van der Waals surface area contributed by atoms with Crippen molar-refractivity contribution in [1.82, 2.24) is 4.90 Å². The van der Waals surface area contributed by atoms with E-state index < -0.39 is 0 Å². The molecule has 0 bridgehead atoms. The third kappa shape index (κ3) is 8.11. The first-order valence-electron chi connectivity index (χ1n) is 14.8. The van der Waals surface area contributed by atoms with E-state index in [4.69, 9.17) is 4.74 Å². The van der Waals surface area contributed by atoms with Crippen LogP contribution in [0.3, 0.4) is 0 Å². The Balaban J connectivity index is 1.63. The summed E-state index contributed by atoms with van der Waals surface area (Å²) in [4.78, 5) is 18.2. The number of anilines is 1. The number of para-hydroxylation sites is 1. The molecule has 1 aliphatic rings. The number of rotatable bonds is 5. The molecule has 5 heteroatoms. The smallest absolute Gasteiger partial charge is 0.231 e. The molecule has 1 aliphatic heterocycles. The van der Waals surface area contributed by atoms with Crippen LogP contribution in [-0.4, -0.2) is 36.1 Å². The largest absolute Gasteiger partial charge is 0.508 e. The van der Waals surface area contributed by atoms with Crippen LogP contribution >= 0.6 is 0 Å². The van der Waals surface area contributed by atoms with E-state index in [2.05, 4.69) is 49.9 Å². The van der Waals surface area contributed by atoms with E-state index in [1.54, 1.807) is 7.11 Å². The number of phenolic OH excluding ortho intramolecular Hbond substituents is 1. The van der Waals surface area contributed by atoms with Crippen molar-refractivity contribution in [2.45, 2.75) is 84.2 Å². The molecule has 40 heavy (non-hydrogen) atoms. The standard InChI is InChI=1S/C35H46N2O3/c1-35(2,3)30-18-19-33(38)29(24-30)26-36-20-11-7-5-6-8-12-21-37(32-17-10-9-15-28(32)25-36)34(39)23-27-14-13-16-31(22-27)40-4/h9-10,13-19,22,24,38H,5-8,11-12,20-21,23,25-26H2,1-4H3. The molecular formula is C35H46N2O3. The Morgan fingerprint density at radius 2 is 1.60 bits per heavy atom.